The molecule has 0 saturated carbocycles. The van der Waals surface area contributed by atoms with Crippen LogP contribution in [0.1, 0.15) is 37.8 Å². The molecule has 5 nitrogen and oxygen atoms in total. The number of methoxy groups -OCH3 is 1. The minimum absolute atomic E-state index is 0.0962. The first-order valence-electron chi connectivity index (χ1n) is 9.93. The number of thiazole rings is 1. The first kappa shape index (κ1) is 20.9. The monoisotopic (exact) mass is 440 g/mol. The first-order chi connectivity index (χ1) is 14.5. The van der Waals surface area contributed by atoms with Gasteiger partial charge in [0.25, 0.3) is 5.56 Å². The molecule has 0 saturated heterocycles. The Morgan fingerprint density at radius 3 is 2.70 bits per heavy atom. The summed E-state index contributed by atoms with van der Waals surface area (Å²) in [6.45, 7) is 1.80. The molecule has 0 amide bonds. The zero-order chi connectivity index (χ0) is 21.3. The number of ether oxygens (including phenoxy) is 1. The van der Waals surface area contributed by atoms with Crippen LogP contribution in [0.4, 0.5) is 0 Å². The summed E-state index contributed by atoms with van der Waals surface area (Å²) in [5, 5.41) is 0. The van der Waals surface area contributed by atoms with E-state index in [1.165, 1.54) is 18.4 Å². The van der Waals surface area contributed by atoms with Crippen LogP contribution in [0, 0.1) is 5.92 Å². The molecule has 0 radical (unpaired) electrons. The molecule has 156 valence electrons. The van der Waals surface area contributed by atoms with E-state index in [4.69, 9.17) is 4.74 Å². The van der Waals surface area contributed by atoms with E-state index in [0.29, 0.717) is 26.5 Å². The highest BCUT2D eigenvalue weighted by Gasteiger charge is 2.33. The Morgan fingerprint density at radius 1 is 1.30 bits per heavy atom. The van der Waals surface area contributed by atoms with Gasteiger partial charge in [-0.2, -0.15) is 0 Å². The number of allylic oxidation sites excluding steroid dienone is 3. The molecule has 1 aliphatic heterocycles. The number of fused-ring (bicyclic) bond motifs is 1. The molecule has 4 rings (SSSR count). The van der Waals surface area contributed by atoms with Gasteiger partial charge in [0.15, 0.2) is 4.80 Å². The van der Waals surface area contributed by atoms with Crippen LogP contribution in [0.3, 0.4) is 0 Å². The third-order valence-corrected chi connectivity index (χ3v) is 7.30. The second-order valence-electron chi connectivity index (χ2n) is 7.41. The van der Waals surface area contributed by atoms with Crippen molar-refractivity contribution in [3.63, 3.8) is 0 Å². The molecule has 2 heterocycles. The SMILES string of the molecule is COC(=O)C1=C(C)N=c2sc(=CC3CC=CCC3)c(=O)n2C1c1ccc(SC)cc1. The number of carbonyl (C=O) groups excluding carboxylic acids is 1. The molecule has 2 aromatic rings. The van der Waals surface area contributed by atoms with Crippen molar-refractivity contribution >= 4 is 35.1 Å². The molecular formula is C23H24N2O3S2. The van der Waals surface area contributed by atoms with E-state index in [1.54, 1.807) is 23.3 Å². The highest BCUT2D eigenvalue weighted by Crippen LogP contribution is 2.31. The van der Waals surface area contributed by atoms with Gasteiger partial charge in [-0.05, 0) is 56.1 Å². The molecule has 1 aliphatic carbocycles. The van der Waals surface area contributed by atoms with Gasteiger partial charge in [-0.25, -0.2) is 9.79 Å². The Hall–Kier alpha value is -2.38. The zero-order valence-corrected chi connectivity index (χ0v) is 18.9. The number of hydrogen-bond donors (Lipinski definition) is 0. The van der Waals surface area contributed by atoms with Crippen LogP contribution in [-0.4, -0.2) is 23.9 Å². The van der Waals surface area contributed by atoms with Crippen molar-refractivity contribution in [2.24, 2.45) is 10.9 Å². The van der Waals surface area contributed by atoms with E-state index in [9.17, 15) is 9.59 Å². The molecule has 2 unspecified atom stereocenters. The zero-order valence-electron chi connectivity index (χ0n) is 17.3. The summed E-state index contributed by atoms with van der Waals surface area (Å²) in [7, 11) is 1.36. The fourth-order valence-corrected chi connectivity index (χ4v) is 5.51. The van der Waals surface area contributed by atoms with Gasteiger partial charge in [-0.1, -0.05) is 41.7 Å². The summed E-state index contributed by atoms with van der Waals surface area (Å²) < 4.78 is 7.40. The Bertz CT molecular complexity index is 1200. The molecule has 1 aromatic carbocycles. The average molecular weight is 441 g/mol. The third kappa shape index (κ3) is 3.84. The number of nitrogens with zero attached hydrogens (tertiary/aromatic N) is 2. The van der Waals surface area contributed by atoms with Gasteiger partial charge in [0.1, 0.15) is 0 Å². The number of carbonyl (C=O) groups is 1. The predicted molar refractivity (Wildman–Crippen MR) is 121 cm³/mol. The van der Waals surface area contributed by atoms with E-state index in [1.807, 2.05) is 30.5 Å². The van der Waals surface area contributed by atoms with Crippen molar-refractivity contribution in [1.82, 2.24) is 4.57 Å². The number of rotatable bonds is 4. The lowest BCUT2D eigenvalue weighted by molar-refractivity contribution is -0.136. The van der Waals surface area contributed by atoms with E-state index in [2.05, 4.69) is 23.2 Å². The maximum absolute atomic E-state index is 13.4. The van der Waals surface area contributed by atoms with E-state index in [-0.39, 0.29) is 5.56 Å². The van der Waals surface area contributed by atoms with Crippen molar-refractivity contribution < 1.29 is 9.53 Å². The van der Waals surface area contributed by atoms with Crippen LogP contribution in [0.25, 0.3) is 6.08 Å². The molecule has 0 fully saturated rings. The second kappa shape index (κ2) is 8.78. The van der Waals surface area contributed by atoms with E-state index in [0.717, 1.165) is 29.7 Å². The molecular weight excluding hydrogens is 416 g/mol. The Kier molecular flexibility index (Phi) is 6.11. The maximum Gasteiger partial charge on any atom is 0.338 e. The molecule has 7 heteroatoms. The largest absolute Gasteiger partial charge is 0.466 e. The minimum Gasteiger partial charge on any atom is -0.466 e. The van der Waals surface area contributed by atoms with Crippen molar-refractivity contribution in [3.05, 3.63) is 72.9 Å². The van der Waals surface area contributed by atoms with Gasteiger partial charge in [-0.15, -0.1) is 11.8 Å². The van der Waals surface area contributed by atoms with Crippen LogP contribution in [0.15, 0.2) is 62.4 Å². The second-order valence-corrected chi connectivity index (χ2v) is 9.30. The first-order valence-corrected chi connectivity index (χ1v) is 12.0. The lowest BCUT2D eigenvalue weighted by Gasteiger charge is -2.24. The van der Waals surface area contributed by atoms with E-state index >= 15 is 0 Å². The standard InChI is InChI=1S/C23H24N2O3S2/c1-14-19(22(27)28-2)20(16-9-11-17(29-3)12-10-16)25-21(26)18(30-23(25)24-14)13-15-7-5-4-6-8-15/h4-5,9-13,15,20H,6-8H2,1-3H3. The smallest absolute Gasteiger partial charge is 0.338 e. The average Bonchev–Trinajstić information content (AvgIpc) is 3.07. The van der Waals surface area contributed by atoms with Crippen molar-refractivity contribution in [2.75, 3.05) is 13.4 Å². The molecule has 0 spiro atoms. The number of hydrogen-bond acceptors (Lipinski definition) is 6. The van der Waals surface area contributed by atoms with Gasteiger partial charge < -0.3 is 4.74 Å². The summed E-state index contributed by atoms with van der Waals surface area (Å²) in [5.74, 6) is -0.0984. The predicted octanol–water partition coefficient (Wildman–Crippen LogP) is 3.44. The van der Waals surface area contributed by atoms with Crippen molar-refractivity contribution in [1.29, 1.82) is 0 Å². The highest BCUT2D eigenvalue weighted by molar-refractivity contribution is 7.98. The molecule has 30 heavy (non-hydrogen) atoms. The fraction of sp³-hybridized carbons (Fsp3) is 0.348. The number of thioether (sulfide) groups is 1. The Morgan fingerprint density at radius 2 is 2.07 bits per heavy atom. The fourth-order valence-electron chi connectivity index (χ4n) is 3.99. The quantitative estimate of drug-likeness (QED) is 0.415. The van der Waals surface area contributed by atoms with Crippen LogP contribution in [0.5, 0.6) is 0 Å². The van der Waals surface area contributed by atoms with Gasteiger partial charge in [0.2, 0.25) is 0 Å². The molecule has 0 N–H and O–H groups in total. The third-order valence-electron chi connectivity index (χ3n) is 5.56. The highest BCUT2D eigenvalue weighted by atomic mass is 32.2. The minimum atomic E-state index is -0.544. The van der Waals surface area contributed by atoms with Crippen molar-refractivity contribution in [3.8, 4) is 0 Å². The molecule has 0 bridgehead atoms. The van der Waals surface area contributed by atoms with Crippen molar-refractivity contribution in [2.45, 2.75) is 37.1 Å². The molecule has 2 aliphatic rings. The van der Waals surface area contributed by atoms with Crippen LogP contribution >= 0.6 is 23.1 Å². The normalized spacial score (nSPS) is 21.4. The lowest BCUT2D eigenvalue weighted by atomic mass is 9.94. The number of aromatic nitrogens is 1. The summed E-state index contributed by atoms with van der Waals surface area (Å²) in [6, 6.07) is 7.42. The topological polar surface area (TPSA) is 60.7 Å². The Labute approximate surface area is 183 Å². The summed E-state index contributed by atoms with van der Waals surface area (Å²) >= 11 is 3.05. The van der Waals surface area contributed by atoms with E-state index < -0.39 is 12.0 Å². The summed E-state index contributed by atoms with van der Waals surface area (Å²) in [4.78, 5) is 32.5. The molecule has 2 atom stereocenters. The number of benzene rings is 1. The van der Waals surface area contributed by atoms with Crippen LogP contribution in [-0.2, 0) is 9.53 Å². The summed E-state index contributed by atoms with van der Waals surface area (Å²) in [5.41, 5.74) is 1.78. The number of esters is 1. The lowest BCUT2D eigenvalue weighted by Crippen LogP contribution is -2.39. The van der Waals surface area contributed by atoms with Crippen LogP contribution < -0.4 is 14.9 Å². The maximum atomic E-state index is 13.4. The van der Waals surface area contributed by atoms with Gasteiger partial charge in [0.05, 0.1) is 29.0 Å². The summed E-state index contributed by atoms with van der Waals surface area (Å²) in [6.07, 6.45) is 11.5. The van der Waals surface area contributed by atoms with Gasteiger partial charge in [0, 0.05) is 4.90 Å². The van der Waals surface area contributed by atoms with Gasteiger partial charge >= 0.3 is 5.97 Å². The van der Waals surface area contributed by atoms with Crippen LogP contribution in [0.2, 0.25) is 0 Å². The van der Waals surface area contributed by atoms with Gasteiger partial charge in [-0.3, -0.25) is 9.36 Å². The molecule has 1 aromatic heterocycles. The Balaban J connectivity index is 1.90.